The Kier molecular flexibility index (Phi) is 5.07. The quantitative estimate of drug-likeness (QED) is 0.620. The molecular weight excluding hydrogens is 346 g/mol. The van der Waals surface area contributed by atoms with Gasteiger partial charge in [0, 0.05) is 30.4 Å². The molecule has 140 valence electrons. The van der Waals surface area contributed by atoms with Gasteiger partial charge in [0.15, 0.2) is 0 Å². The number of amides is 1. The standard InChI is InChI=1S/C19H21N5O3/c1-11-18(12(2)24(3)23-11)15-10-16(22-21-15)19(27)20-14-6-4-5-13(9-14)7-8-17(25)26/h4-6,9-10H,7-8H2,1-3H3,(H,20,27)(H,21,22)(H,25,26). The van der Waals surface area contributed by atoms with E-state index in [0.29, 0.717) is 23.5 Å². The number of anilines is 1. The summed E-state index contributed by atoms with van der Waals surface area (Å²) >= 11 is 0. The largest absolute Gasteiger partial charge is 0.481 e. The topological polar surface area (TPSA) is 113 Å². The number of carbonyl (C=O) groups is 2. The van der Waals surface area contributed by atoms with E-state index in [2.05, 4.69) is 20.6 Å². The van der Waals surface area contributed by atoms with Crippen molar-refractivity contribution < 1.29 is 14.7 Å². The van der Waals surface area contributed by atoms with Gasteiger partial charge in [-0.3, -0.25) is 19.4 Å². The summed E-state index contributed by atoms with van der Waals surface area (Å²) in [4.78, 5) is 23.2. The van der Waals surface area contributed by atoms with Crippen LogP contribution in [0.2, 0.25) is 0 Å². The Morgan fingerprint density at radius 3 is 2.70 bits per heavy atom. The second-order valence-corrected chi connectivity index (χ2v) is 6.38. The maximum atomic E-state index is 12.5. The fraction of sp³-hybridized carbons (Fsp3) is 0.263. The zero-order valence-electron chi connectivity index (χ0n) is 15.4. The summed E-state index contributed by atoms with van der Waals surface area (Å²) in [5.41, 5.74) is 5.18. The SMILES string of the molecule is Cc1nn(C)c(C)c1-c1cc(C(=O)Nc2cccc(CCC(=O)O)c2)[nH]n1. The molecule has 0 radical (unpaired) electrons. The first-order valence-corrected chi connectivity index (χ1v) is 8.53. The van der Waals surface area contributed by atoms with E-state index >= 15 is 0 Å². The van der Waals surface area contributed by atoms with Crippen LogP contribution in [-0.2, 0) is 18.3 Å². The number of carboxylic acids is 1. The lowest BCUT2D eigenvalue weighted by Crippen LogP contribution is -2.12. The number of aliphatic carboxylic acids is 1. The molecule has 3 rings (SSSR count). The van der Waals surface area contributed by atoms with E-state index in [4.69, 9.17) is 5.11 Å². The first-order chi connectivity index (χ1) is 12.8. The average Bonchev–Trinajstić information content (AvgIpc) is 3.18. The maximum absolute atomic E-state index is 12.5. The lowest BCUT2D eigenvalue weighted by molar-refractivity contribution is -0.136. The molecule has 1 aromatic carbocycles. The van der Waals surface area contributed by atoms with Crippen molar-refractivity contribution in [3.8, 4) is 11.3 Å². The Morgan fingerprint density at radius 1 is 1.26 bits per heavy atom. The van der Waals surface area contributed by atoms with Crippen LogP contribution in [0.5, 0.6) is 0 Å². The number of aromatic amines is 1. The van der Waals surface area contributed by atoms with Gasteiger partial charge in [0.05, 0.1) is 11.4 Å². The van der Waals surface area contributed by atoms with E-state index in [1.165, 1.54) is 0 Å². The van der Waals surface area contributed by atoms with Gasteiger partial charge in [-0.05, 0) is 44.0 Å². The van der Waals surface area contributed by atoms with Crippen LogP contribution in [-0.4, -0.2) is 37.0 Å². The molecule has 0 spiro atoms. The Labute approximate surface area is 156 Å². The fourth-order valence-corrected chi connectivity index (χ4v) is 2.96. The average molecular weight is 367 g/mol. The molecule has 8 heteroatoms. The van der Waals surface area contributed by atoms with Crippen LogP contribution in [0.1, 0.15) is 33.9 Å². The Balaban J connectivity index is 1.75. The third kappa shape index (κ3) is 4.05. The van der Waals surface area contributed by atoms with Crippen molar-refractivity contribution in [1.82, 2.24) is 20.0 Å². The number of aromatic nitrogens is 4. The van der Waals surface area contributed by atoms with Crippen LogP contribution in [0.25, 0.3) is 11.3 Å². The minimum atomic E-state index is -0.851. The Bertz CT molecular complexity index is 1000. The van der Waals surface area contributed by atoms with Crippen molar-refractivity contribution in [1.29, 1.82) is 0 Å². The van der Waals surface area contributed by atoms with Crippen LogP contribution in [0.15, 0.2) is 30.3 Å². The van der Waals surface area contributed by atoms with Crippen molar-refractivity contribution in [2.24, 2.45) is 7.05 Å². The molecule has 0 atom stereocenters. The van der Waals surface area contributed by atoms with E-state index in [1.807, 2.05) is 27.0 Å². The molecule has 0 aliphatic rings. The molecule has 3 N–H and O–H groups in total. The van der Waals surface area contributed by atoms with Gasteiger partial charge in [-0.25, -0.2) is 0 Å². The number of hydrogen-bond acceptors (Lipinski definition) is 4. The Morgan fingerprint density at radius 2 is 2.04 bits per heavy atom. The lowest BCUT2D eigenvalue weighted by Gasteiger charge is -2.06. The molecule has 3 aromatic rings. The van der Waals surface area contributed by atoms with Crippen molar-refractivity contribution in [2.75, 3.05) is 5.32 Å². The highest BCUT2D eigenvalue weighted by molar-refractivity contribution is 6.03. The normalized spacial score (nSPS) is 10.8. The van der Waals surface area contributed by atoms with E-state index in [1.54, 1.807) is 28.9 Å². The number of carbonyl (C=O) groups excluding carboxylic acids is 1. The van der Waals surface area contributed by atoms with Crippen molar-refractivity contribution in [2.45, 2.75) is 26.7 Å². The minimum absolute atomic E-state index is 0.0467. The number of rotatable bonds is 6. The molecule has 0 unspecified atom stereocenters. The van der Waals surface area contributed by atoms with Gasteiger partial charge in [-0.2, -0.15) is 10.2 Å². The maximum Gasteiger partial charge on any atom is 0.303 e. The molecule has 2 heterocycles. The van der Waals surface area contributed by atoms with E-state index in [-0.39, 0.29) is 12.3 Å². The van der Waals surface area contributed by atoms with Gasteiger partial charge >= 0.3 is 5.97 Å². The number of benzene rings is 1. The molecule has 0 saturated heterocycles. The molecule has 0 fully saturated rings. The van der Waals surface area contributed by atoms with E-state index in [9.17, 15) is 9.59 Å². The molecular formula is C19H21N5O3. The molecule has 0 aliphatic carbocycles. The first kappa shape index (κ1) is 18.4. The second-order valence-electron chi connectivity index (χ2n) is 6.38. The summed E-state index contributed by atoms with van der Waals surface area (Å²) in [6.07, 6.45) is 0.456. The number of aryl methyl sites for hydroxylation is 3. The zero-order chi connectivity index (χ0) is 19.6. The third-order valence-corrected chi connectivity index (χ3v) is 4.40. The third-order valence-electron chi connectivity index (χ3n) is 4.40. The van der Waals surface area contributed by atoms with Gasteiger partial charge < -0.3 is 10.4 Å². The lowest BCUT2D eigenvalue weighted by atomic mass is 10.1. The summed E-state index contributed by atoms with van der Waals surface area (Å²) in [6.45, 7) is 3.85. The van der Waals surface area contributed by atoms with Crippen LogP contribution in [0.3, 0.4) is 0 Å². The van der Waals surface area contributed by atoms with Gasteiger partial charge in [0.1, 0.15) is 5.69 Å². The molecule has 2 aromatic heterocycles. The minimum Gasteiger partial charge on any atom is -0.481 e. The van der Waals surface area contributed by atoms with Crippen LogP contribution in [0.4, 0.5) is 5.69 Å². The summed E-state index contributed by atoms with van der Waals surface area (Å²) < 4.78 is 1.78. The van der Waals surface area contributed by atoms with Crippen molar-refractivity contribution >= 4 is 17.6 Å². The van der Waals surface area contributed by atoms with Gasteiger partial charge in [-0.1, -0.05) is 12.1 Å². The summed E-state index contributed by atoms with van der Waals surface area (Å²) in [6, 6.07) is 8.84. The van der Waals surface area contributed by atoms with Crippen molar-refractivity contribution in [3.05, 3.63) is 53.0 Å². The molecule has 0 saturated carbocycles. The highest BCUT2D eigenvalue weighted by atomic mass is 16.4. The summed E-state index contributed by atoms with van der Waals surface area (Å²) in [5.74, 6) is -1.17. The summed E-state index contributed by atoms with van der Waals surface area (Å²) in [5, 5.41) is 23.0. The first-order valence-electron chi connectivity index (χ1n) is 8.53. The van der Waals surface area contributed by atoms with E-state index in [0.717, 1.165) is 22.5 Å². The predicted octanol–water partition coefficient (Wildman–Crippen LogP) is 2.70. The molecule has 0 bridgehead atoms. The zero-order valence-corrected chi connectivity index (χ0v) is 15.4. The number of H-pyrrole nitrogens is 1. The second kappa shape index (κ2) is 7.45. The summed E-state index contributed by atoms with van der Waals surface area (Å²) in [7, 11) is 1.86. The number of hydrogen-bond donors (Lipinski definition) is 3. The highest BCUT2D eigenvalue weighted by Crippen LogP contribution is 2.25. The fourth-order valence-electron chi connectivity index (χ4n) is 2.96. The number of nitrogens with zero attached hydrogens (tertiary/aromatic N) is 3. The molecule has 1 amide bonds. The Hall–Kier alpha value is -3.42. The van der Waals surface area contributed by atoms with Gasteiger partial charge in [-0.15, -0.1) is 0 Å². The van der Waals surface area contributed by atoms with E-state index < -0.39 is 5.97 Å². The predicted molar refractivity (Wildman–Crippen MR) is 101 cm³/mol. The smallest absolute Gasteiger partial charge is 0.303 e. The van der Waals surface area contributed by atoms with Crippen LogP contribution < -0.4 is 5.32 Å². The van der Waals surface area contributed by atoms with Gasteiger partial charge in [0.2, 0.25) is 0 Å². The molecule has 8 nitrogen and oxygen atoms in total. The van der Waals surface area contributed by atoms with Gasteiger partial charge in [0.25, 0.3) is 5.91 Å². The van der Waals surface area contributed by atoms with Crippen molar-refractivity contribution in [3.63, 3.8) is 0 Å². The van der Waals surface area contributed by atoms with Crippen LogP contribution >= 0.6 is 0 Å². The number of carboxylic acid groups (broad SMARTS) is 1. The monoisotopic (exact) mass is 367 g/mol. The molecule has 27 heavy (non-hydrogen) atoms. The molecule has 0 aliphatic heterocycles. The highest BCUT2D eigenvalue weighted by Gasteiger charge is 2.17. The van der Waals surface area contributed by atoms with Crippen LogP contribution in [0, 0.1) is 13.8 Å². The number of nitrogens with one attached hydrogen (secondary N) is 2.